The van der Waals surface area contributed by atoms with Gasteiger partial charge in [-0.1, -0.05) is 36.4 Å². The first-order valence-electron chi connectivity index (χ1n) is 7.18. The summed E-state index contributed by atoms with van der Waals surface area (Å²) in [6.45, 7) is 2.90. The molecular weight excluding hydrogens is 375 g/mol. The van der Waals surface area contributed by atoms with Crippen molar-refractivity contribution in [1.29, 1.82) is 0 Å². The second-order valence-corrected chi connectivity index (χ2v) is 6.44. The van der Waals surface area contributed by atoms with Gasteiger partial charge >= 0.3 is 0 Å². The van der Waals surface area contributed by atoms with Crippen LogP contribution in [0.2, 0.25) is 0 Å². The first-order valence-corrected chi connectivity index (χ1v) is 8.26. The molecule has 0 aliphatic carbocycles. The van der Waals surface area contributed by atoms with Crippen molar-refractivity contribution in [2.45, 2.75) is 25.8 Å². The van der Waals surface area contributed by atoms with E-state index in [2.05, 4.69) is 71.3 Å². The molecule has 0 spiro atoms. The molecule has 1 unspecified atom stereocenters. The minimum atomic E-state index is -0.0511. The average molecular weight is 394 g/mol. The predicted molar refractivity (Wildman–Crippen MR) is 93.3 cm³/mol. The molecule has 21 heavy (non-hydrogen) atoms. The molecule has 0 amide bonds. The number of hydrazine groups is 1. The third kappa shape index (κ3) is 2.80. The lowest BCUT2D eigenvalue weighted by atomic mass is 9.93. The Hall–Kier alpha value is -1.11. The summed E-state index contributed by atoms with van der Waals surface area (Å²) in [6, 6.07) is 12.6. The maximum atomic E-state index is 5.93. The number of nitrogens with two attached hydrogens (primary N) is 1. The van der Waals surface area contributed by atoms with E-state index >= 15 is 0 Å². The third-order valence-corrected chi connectivity index (χ3v) is 5.45. The molecule has 2 aromatic rings. The monoisotopic (exact) mass is 394 g/mol. The number of hydrogen-bond acceptors (Lipinski definition) is 3. The Kier molecular flexibility index (Phi) is 4.47. The molecule has 0 bridgehead atoms. The molecule has 3 rings (SSSR count). The van der Waals surface area contributed by atoms with Crippen molar-refractivity contribution < 1.29 is 4.74 Å². The molecule has 110 valence electrons. The fraction of sp³-hybridized carbons (Fsp3) is 0.294. The Morgan fingerprint density at radius 1 is 1.19 bits per heavy atom. The van der Waals surface area contributed by atoms with Gasteiger partial charge in [0.05, 0.1) is 12.6 Å². The number of benzene rings is 2. The summed E-state index contributed by atoms with van der Waals surface area (Å²) in [5.41, 5.74) is 7.83. The van der Waals surface area contributed by atoms with Crippen molar-refractivity contribution in [3.63, 3.8) is 0 Å². The van der Waals surface area contributed by atoms with E-state index in [0.29, 0.717) is 0 Å². The van der Waals surface area contributed by atoms with Gasteiger partial charge in [0.25, 0.3) is 0 Å². The second-order valence-electron chi connectivity index (χ2n) is 5.37. The van der Waals surface area contributed by atoms with Crippen molar-refractivity contribution in [2.24, 2.45) is 5.84 Å². The Bertz CT molecular complexity index is 657. The van der Waals surface area contributed by atoms with Gasteiger partial charge in [0.2, 0.25) is 0 Å². The maximum Gasteiger partial charge on any atom is 0.127 e. The van der Waals surface area contributed by atoms with E-state index in [4.69, 9.17) is 10.6 Å². The number of fused-ring (bicyclic) bond motifs is 1. The molecule has 0 fully saturated rings. The topological polar surface area (TPSA) is 47.3 Å². The Balaban J connectivity index is 2.11. The summed E-state index contributed by atoms with van der Waals surface area (Å²) >= 11 is 2.39. The highest BCUT2D eigenvalue weighted by atomic mass is 127. The lowest BCUT2D eigenvalue weighted by Gasteiger charge is -2.26. The number of para-hydroxylation sites is 1. The van der Waals surface area contributed by atoms with Crippen LogP contribution in [0.3, 0.4) is 0 Å². The number of ether oxygens (including phenoxy) is 1. The molecule has 2 aromatic carbocycles. The van der Waals surface area contributed by atoms with Crippen molar-refractivity contribution in [2.75, 3.05) is 6.61 Å². The number of rotatable bonds is 3. The molecule has 0 radical (unpaired) electrons. The van der Waals surface area contributed by atoms with Gasteiger partial charge in [0.1, 0.15) is 5.75 Å². The van der Waals surface area contributed by atoms with Gasteiger partial charge in [0, 0.05) is 9.13 Å². The fourth-order valence-electron chi connectivity index (χ4n) is 2.88. The summed E-state index contributed by atoms with van der Waals surface area (Å²) in [4.78, 5) is 0. The van der Waals surface area contributed by atoms with Crippen LogP contribution in [0.1, 0.15) is 34.7 Å². The molecular formula is C17H19IN2O. The summed E-state index contributed by atoms with van der Waals surface area (Å²) in [6.07, 6.45) is 2.16. The fourth-order valence-corrected chi connectivity index (χ4v) is 3.55. The van der Waals surface area contributed by atoms with Gasteiger partial charge in [-0.3, -0.25) is 5.84 Å². The van der Waals surface area contributed by atoms with E-state index in [1.807, 2.05) is 0 Å². The van der Waals surface area contributed by atoms with Gasteiger partial charge in [0.15, 0.2) is 0 Å². The molecule has 4 heteroatoms. The van der Waals surface area contributed by atoms with Crippen molar-refractivity contribution in [1.82, 2.24) is 5.43 Å². The van der Waals surface area contributed by atoms with Gasteiger partial charge in [-0.05, 0) is 59.0 Å². The minimum Gasteiger partial charge on any atom is -0.493 e. The Morgan fingerprint density at radius 2 is 1.95 bits per heavy atom. The Labute approximate surface area is 139 Å². The largest absolute Gasteiger partial charge is 0.493 e. The zero-order valence-corrected chi connectivity index (χ0v) is 14.2. The first kappa shape index (κ1) is 14.8. The van der Waals surface area contributed by atoms with Gasteiger partial charge in [-0.2, -0.15) is 0 Å². The maximum absolute atomic E-state index is 5.93. The second kappa shape index (κ2) is 6.34. The molecule has 3 nitrogen and oxygen atoms in total. The van der Waals surface area contributed by atoms with E-state index in [1.165, 1.54) is 20.3 Å². The zero-order valence-electron chi connectivity index (χ0n) is 12.0. The van der Waals surface area contributed by atoms with E-state index in [-0.39, 0.29) is 6.04 Å². The van der Waals surface area contributed by atoms with Crippen LogP contribution in [0, 0.1) is 10.5 Å². The van der Waals surface area contributed by atoms with Crippen molar-refractivity contribution in [3.8, 4) is 5.75 Å². The third-order valence-electron chi connectivity index (χ3n) is 3.97. The van der Waals surface area contributed by atoms with Crippen LogP contribution in [-0.4, -0.2) is 6.61 Å². The zero-order chi connectivity index (χ0) is 14.8. The van der Waals surface area contributed by atoms with Crippen LogP contribution < -0.4 is 16.0 Å². The van der Waals surface area contributed by atoms with E-state index in [1.54, 1.807) is 0 Å². The normalized spacial score (nSPS) is 15.2. The van der Waals surface area contributed by atoms with Crippen LogP contribution in [-0.2, 0) is 6.42 Å². The molecule has 1 atom stereocenters. The van der Waals surface area contributed by atoms with Crippen LogP contribution in [0.25, 0.3) is 0 Å². The van der Waals surface area contributed by atoms with E-state index in [9.17, 15) is 0 Å². The first-order chi connectivity index (χ1) is 10.2. The highest BCUT2D eigenvalue weighted by Gasteiger charge is 2.23. The molecule has 0 aromatic heterocycles. The Morgan fingerprint density at radius 3 is 2.76 bits per heavy atom. The van der Waals surface area contributed by atoms with Crippen molar-refractivity contribution >= 4 is 22.6 Å². The highest BCUT2D eigenvalue weighted by molar-refractivity contribution is 14.1. The standard InChI is InChI=1S/C17H19IN2O/c1-11-5-2-8-13(15(11)18)16(20-19)14-9-3-6-12-7-4-10-21-17(12)14/h2-3,5-6,8-9,16,20H,4,7,10,19H2,1H3. The number of nitrogens with one attached hydrogen (secondary N) is 1. The lowest BCUT2D eigenvalue weighted by molar-refractivity contribution is 0.283. The quantitative estimate of drug-likeness (QED) is 0.476. The van der Waals surface area contributed by atoms with Gasteiger partial charge < -0.3 is 4.74 Å². The summed E-state index contributed by atoms with van der Waals surface area (Å²) in [5, 5.41) is 0. The molecule has 1 aliphatic heterocycles. The molecule has 0 saturated carbocycles. The van der Waals surface area contributed by atoms with Gasteiger partial charge in [-0.25, -0.2) is 5.43 Å². The number of hydrogen-bond donors (Lipinski definition) is 2. The smallest absolute Gasteiger partial charge is 0.127 e. The highest BCUT2D eigenvalue weighted by Crippen LogP contribution is 2.37. The van der Waals surface area contributed by atoms with Crippen LogP contribution in [0.5, 0.6) is 5.75 Å². The number of aryl methyl sites for hydroxylation is 2. The minimum absolute atomic E-state index is 0.0511. The van der Waals surface area contributed by atoms with Crippen LogP contribution in [0.15, 0.2) is 36.4 Å². The lowest BCUT2D eigenvalue weighted by Crippen LogP contribution is -2.30. The summed E-state index contributed by atoms with van der Waals surface area (Å²) in [5.74, 6) is 6.88. The van der Waals surface area contributed by atoms with E-state index in [0.717, 1.165) is 30.8 Å². The van der Waals surface area contributed by atoms with Gasteiger partial charge in [-0.15, -0.1) is 0 Å². The van der Waals surface area contributed by atoms with E-state index < -0.39 is 0 Å². The molecule has 3 N–H and O–H groups in total. The number of halogens is 1. The molecule has 0 saturated heterocycles. The van der Waals surface area contributed by atoms with Crippen molar-refractivity contribution in [3.05, 3.63) is 62.2 Å². The van der Waals surface area contributed by atoms with Crippen LogP contribution >= 0.6 is 22.6 Å². The molecule has 1 aliphatic rings. The summed E-state index contributed by atoms with van der Waals surface area (Å²) < 4.78 is 7.17. The molecule has 1 heterocycles. The van der Waals surface area contributed by atoms with Crippen LogP contribution in [0.4, 0.5) is 0 Å². The average Bonchev–Trinajstić information content (AvgIpc) is 2.52. The SMILES string of the molecule is Cc1cccc(C(NN)c2cccc3c2OCCC3)c1I. The summed E-state index contributed by atoms with van der Waals surface area (Å²) in [7, 11) is 0. The predicted octanol–water partition coefficient (Wildman–Crippen LogP) is 3.48.